The number of benzene rings is 1. The van der Waals surface area contributed by atoms with E-state index in [1.807, 2.05) is 0 Å². The number of halogens is 3. The second kappa shape index (κ2) is 3.17. The molecule has 1 aromatic carbocycles. The lowest BCUT2D eigenvalue weighted by atomic mass is 10.1. The van der Waals surface area contributed by atoms with E-state index in [1.54, 1.807) is 24.7 Å². The van der Waals surface area contributed by atoms with Gasteiger partial charge in [0.05, 0.1) is 5.56 Å². The number of aryl methyl sites for hydroxylation is 2. The number of alkyl halides is 3. The second-order valence-electron chi connectivity index (χ2n) is 3.81. The molecule has 0 saturated heterocycles. The lowest BCUT2D eigenvalue weighted by Crippen LogP contribution is -2.05. The number of nitrogens with zero attached hydrogens (tertiary/aromatic N) is 1. The third kappa shape index (κ3) is 1.52. The van der Waals surface area contributed by atoms with E-state index in [0.29, 0.717) is 10.9 Å². The summed E-state index contributed by atoms with van der Waals surface area (Å²) in [5.41, 5.74) is 0.297. The SMILES string of the molecule is Cc1cn(C)c2cc(C(F)(F)F)c(O)cc12. The number of aromatic hydroxyl groups is 1. The van der Waals surface area contributed by atoms with E-state index >= 15 is 0 Å². The number of aromatic nitrogens is 1. The maximum absolute atomic E-state index is 12.5. The first-order valence-corrected chi connectivity index (χ1v) is 4.66. The van der Waals surface area contributed by atoms with Crippen molar-refractivity contribution in [2.45, 2.75) is 13.1 Å². The molecule has 0 spiro atoms. The average molecular weight is 229 g/mol. The van der Waals surface area contributed by atoms with Crippen molar-refractivity contribution >= 4 is 10.9 Å². The van der Waals surface area contributed by atoms with Gasteiger partial charge in [0.1, 0.15) is 5.75 Å². The zero-order valence-electron chi connectivity index (χ0n) is 8.76. The summed E-state index contributed by atoms with van der Waals surface area (Å²) in [7, 11) is 1.67. The van der Waals surface area contributed by atoms with E-state index in [-0.39, 0.29) is 0 Å². The predicted octanol–water partition coefficient (Wildman–Crippen LogP) is 3.21. The van der Waals surface area contributed by atoms with Crippen molar-refractivity contribution in [1.29, 1.82) is 0 Å². The first kappa shape index (κ1) is 10.9. The Morgan fingerprint density at radius 3 is 2.44 bits per heavy atom. The third-order valence-corrected chi connectivity index (χ3v) is 2.61. The summed E-state index contributed by atoms with van der Waals surface area (Å²) in [6.07, 6.45) is -2.80. The van der Waals surface area contributed by atoms with Crippen LogP contribution in [0.3, 0.4) is 0 Å². The van der Waals surface area contributed by atoms with Crippen molar-refractivity contribution in [3.05, 3.63) is 29.5 Å². The summed E-state index contributed by atoms with van der Waals surface area (Å²) in [5.74, 6) is -0.727. The Bertz CT molecular complexity index is 554. The Kier molecular flexibility index (Phi) is 2.15. The van der Waals surface area contributed by atoms with Gasteiger partial charge >= 0.3 is 6.18 Å². The maximum Gasteiger partial charge on any atom is 0.420 e. The molecule has 0 aliphatic heterocycles. The van der Waals surface area contributed by atoms with E-state index in [9.17, 15) is 18.3 Å². The Morgan fingerprint density at radius 2 is 1.88 bits per heavy atom. The van der Waals surface area contributed by atoms with Gasteiger partial charge in [0, 0.05) is 24.1 Å². The summed E-state index contributed by atoms with van der Waals surface area (Å²) in [4.78, 5) is 0. The molecule has 0 unspecified atom stereocenters. The zero-order valence-corrected chi connectivity index (χ0v) is 8.76. The Labute approximate surface area is 89.9 Å². The maximum atomic E-state index is 12.5. The summed E-state index contributed by atoms with van der Waals surface area (Å²) >= 11 is 0. The van der Waals surface area contributed by atoms with Gasteiger partial charge in [-0.3, -0.25) is 0 Å². The van der Waals surface area contributed by atoms with Gasteiger partial charge in [0.25, 0.3) is 0 Å². The largest absolute Gasteiger partial charge is 0.507 e. The fourth-order valence-corrected chi connectivity index (χ4v) is 1.84. The number of phenols is 1. The fourth-order valence-electron chi connectivity index (χ4n) is 1.84. The molecule has 0 radical (unpaired) electrons. The molecular weight excluding hydrogens is 219 g/mol. The molecule has 2 aromatic rings. The van der Waals surface area contributed by atoms with Crippen LogP contribution < -0.4 is 0 Å². The van der Waals surface area contributed by atoms with Gasteiger partial charge in [0.2, 0.25) is 0 Å². The third-order valence-electron chi connectivity index (χ3n) is 2.61. The van der Waals surface area contributed by atoms with Gasteiger partial charge in [-0.25, -0.2) is 0 Å². The predicted molar refractivity (Wildman–Crippen MR) is 54.3 cm³/mol. The Morgan fingerprint density at radius 1 is 1.25 bits per heavy atom. The number of phenolic OH excluding ortho intramolecular Hbond substituents is 1. The molecule has 86 valence electrons. The normalized spacial score (nSPS) is 12.3. The van der Waals surface area contributed by atoms with Gasteiger partial charge in [-0.2, -0.15) is 13.2 Å². The van der Waals surface area contributed by atoms with Crippen LogP contribution in [0.4, 0.5) is 13.2 Å². The van der Waals surface area contributed by atoms with Crippen molar-refractivity contribution in [2.24, 2.45) is 7.05 Å². The molecule has 0 aliphatic rings. The number of hydrogen-bond donors (Lipinski definition) is 1. The minimum absolute atomic E-state index is 0.461. The molecule has 0 atom stereocenters. The lowest BCUT2D eigenvalue weighted by molar-refractivity contribution is -0.138. The van der Waals surface area contributed by atoms with Crippen LogP contribution in [0.1, 0.15) is 11.1 Å². The minimum atomic E-state index is -4.53. The summed E-state index contributed by atoms with van der Waals surface area (Å²) in [6.45, 7) is 1.79. The molecule has 1 N–H and O–H groups in total. The van der Waals surface area contributed by atoms with Crippen molar-refractivity contribution < 1.29 is 18.3 Å². The van der Waals surface area contributed by atoms with Gasteiger partial charge in [-0.05, 0) is 24.6 Å². The van der Waals surface area contributed by atoms with E-state index < -0.39 is 17.5 Å². The van der Waals surface area contributed by atoms with E-state index in [4.69, 9.17) is 0 Å². The molecule has 0 fully saturated rings. The summed E-state index contributed by atoms with van der Waals surface area (Å²) < 4.78 is 39.2. The highest BCUT2D eigenvalue weighted by molar-refractivity contribution is 5.86. The van der Waals surface area contributed by atoms with Crippen molar-refractivity contribution in [2.75, 3.05) is 0 Å². The fraction of sp³-hybridized carbons (Fsp3) is 0.273. The lowest BCUT2D eigenvalue weighted by Gasteiger charge is -2.09. The molecule has 0 bridgehead atoms. The molecule has 1 heterocycles. The molecule has 0 saturated carbocycles. The molecular formula is C11H10F3NO. The zero-order chi connectivity index (χ0) is 12.1. The van der Waals surface area contributed by atoms with Crippen LogP contribution >= 0.6 is 0 Å². The van der Waals surface area contributed by atoms with Crippen LogP contribution in [0.5, 0.6) is 5.75 Å². The second-order valence-corrected chi connectivity index (χ2v) is 3.81. The van der Waals surface area contributed by atoms with Crippen LogP contribution in [0.25, 0.3) is 10.9 Å². The minimum Gasteiger partial charge on any atom is -0.507 e. The van der Waals surface area contributed by atoms with Crippen LogP contribution in [0.2, 0.25) is 0 Å². The van der Waals surface area contributed by atoms with E-state index in [1.165, 1.54) is 0 Å². The van der Waals surface area contributed by atoms with Gasteiger partial charge in [0.15, 0.2) is 0 Å². The van der Waals surface area contributed by atoms with Crippen LogP contribution in [0, 0.1) is 6.92 Å². The van der Waals surface area contributed by atoms with Gasteiger partial charge in [-0.1, -0.05) is 0 Å². The molecule has 0 aliphatic carbocycles. The molecule has 16 heavy (non-hydrogen) atoms. The topological polar surface area (TPSA) is 25.2 Å². The van der Waals surface area contributed by atoms with Crippen LogP contribution in [-0.2, 0) is 13.2 Å². The first-order valence-electron chi connectivity index (χ1n) is 4.66. The van der Waals surface area contributed by atoms with Gasteiger partial charge in [-0.15, -0.1) is 0 Å². The molecule has 0 amide bonds. The number of hydrogen-bond acceptors (Lipinski definition) is 1. The summed E-state index contributed by atoms with van der Waals surface area (Å²) in [6, 6.07) is 2.13. The molecule has 1 aromatic heterocycles. The highest BCUT2D eigenvalue weighted by Gasteiger charge is 2.34. The highest BCUT2D eigenvalue weighted by atomic mass is 19.4. The highest BCUT2D eigenvalue weighted by Crippen LogP contribution is 2.38. The number of fused-ring (bicyclic) bond motifs is 1. The first-order chi connectivity index (χ1) is 7.30. The average Bonchev–Trinajstić information content (AvgIpc) is 2.39. The number of rotatable bonds is 0. The molecule has 2 nitrogen and oxygen atoms in total. The molecule has 2 rings (SSSR count). The Hall–Kier alpha value is -1.65. The Balaban J connectivity index is 2.81. The van der Waals surface area contributed by atoms with Gasteiger partial charge < -0.3 is 9.67 Å². The van der Waals surface area contributed by atoms with Crippen LogP contribution in [0.15, 0.2) is 18.3 Å². The van der Waals surface area contributed by atoms with E-state index in [2.05, 4.69) is 0 Å². The smallest absolute Gasteiger partial charge is 0.420 e. The van der Waals surface area contributed by atoms with Crippen LogP contribution in [-0.4, -0.2) is 9.67 Å². The summed E-state index contributed by atoms with van der Waals surface area (Å²) in [5, 5.41) is 9.98. The van der Waals surface area contributed by atoms with Crippen molar-refractivity contribution in [3.63, 3.8) is 0 Å². The quantitative estimate of drug-likeness (QED) is 0.737. The van der Waals surface area contributed by atoms with E-state index in [0.717, 1.165) is 17.7 Å². The van der Waals surface area contributed by atoms with Crippen molar-refractivity contribution in [1.82, 2.24) is 4.57 Å². The monoisotopic (exact) mass is 229 g/mol. The molecule has 5 heteroatoms. The standard InChI is InChI=1S/C11H10F3NO/c1-6-5-15(2)9-4-8(11(12,13)14)10(16)3-7(6)9/h3-5,16H,1-2H3. The van der Waals surface area contributed by atoms with Crippen molar-refractivity contribution in [3.8, 4) is 5.75 Å².